The molecule has 1 atom stereocenters. The fourth-order valence-electron chi connectivity index (χ4n) is 2.35. The van der Waals surface area contributed by atoms with Crippen molar-refractivity contribution in [2.24, 2.45) is 0 Å². The number of benzene rings is 1. The van der Waals surface area contributed by atoms with Crippen LogP contribution in [0.15, 0.2) is 28.8 Å². The van der Waals surface area contributed by atoms with Gasteiger partial charge in [0, 0.05) is 35.3 Å². The molecule has 3 rings (SSSR count). The lowest BCUT2D eigenvalue weighted by atomic mass is 10.2. The van der Waals surface area contributed by atoms with Crippen molar-refractivity contribution in [3.05, 3.63) is 33.7 Å². The van der Waals surface area contributed by atoms with Crippen LogP contribution in [0.25, 0.3) is 11.5 Å². The van der Waals surface area contributed by atoms with Crippen LogP contribution in [0.3, 0.4) is 0 Å². The van der Waals surface area contributed by atoms with Gasteiger partial charge in [0.25, 0.3) is 5.89 Å². The number of aromatic nitrogens is 2. The van der Waals surface area contributed by atoms with Crippen molar-refractivity contribution in [3.8, 4) is 11.5 Å². The first kappa shape index (κ1) is 14.0. The molecule has 1 aliphatic heterocycles. The van der Waals surface area contributed by atoms with E-state index in [0.29, 0.717) is 5.89 Å². The summed E-state index contributed by atoms with van der Waals surface area (Å²) < 4.78 is 6.59. The van der Waals surface area contributed by atoms with Gasteiger partial charge in [0.1, 0.15) is 0 Å². The van der Waals surface area contributed by atoms with Crippen molar-refractivity contribution in [1.29, 1.82) is 0 Å². The molecule has 0 radical (unpaired) electrons. The Bertz CT molecular complexity index is 563. The van der Waals surface area contributed by atoms with Gasteiger partial charge in [0.15, 0.2) is 5.82 Å². The van der Waals surface area contributed by atoms with Crippen molar-refractivity contribution in [1.82, 2.24) is 20.4 Å². The predicted molar refractivity (Wildman–Crippen MR) is 85.3 cm³/mol. The van der Waals surface area contributed by atoms with Crippen LogP contribution in [0.4, 0.5) is 0 Å². The Balaban J connectivity index is 1.77. The van der Waals surface area contributed by atoms with Crippen LogP contribution >= 0.6 is 22.6 Å². The average Bonchev–Trinajstić information content (AvgIpc) is 2.98. The number of halogens is 1. The topological polar surface area (TPSA) is 54.2 Å². The number of nitrogens with zero attached hydrogens (tertiary/aromatic N) is 3. The molecule has 20 heavy (non-hydrogen) atoms. The van der Waals surface area contributed by atoms with E-state index in [1.807, 2.05) is 24.3 Å². The van der Waals surface area contributed by atoms with Crippen LogP contribution in [0.1, 0.15) is 18.8 Å². The zero-order valence-electron chi connectivity index (χ0n) is 11.3. The summed E-state index contributed by atoms with van der Waals surface area (Å²) in [7, 11) is 0. The Morgan fingerprint density at radius 2 is 1.95 bits per heavy atom. The molecular weight excluding hydrogens is 367 g/mol. The summed E-state index contributed by atoms with van der Waals surface area (Å²) in [6.07, 6.45) is 0. The first-order valence-corrected chi connectivity index (χ1v) is 7.86. The van der Waals surface area contributed by atoms with E-state index >= 15 is 0 Å². The highest BCUT2D eigenvalue weighted by Crippen LogP contribution is 2.23. The zero-order valence-corrected chi connectivity index (χ0v) is 13.5. The highest BCUT2D eigenvalue weighted by Gasteiger charge is 2.22. The fourth-order valence-corrected chi connectivity index (χ4v) is 2.71. The highest BCUT2D eigenvalue weighted by molar-refractivity contribution is 14.1. The van der Waals surface area contributed by atoms with Crippen LogP contribution in [-0.2, 0) is 0 Å². The maximum absolute atomic E-state index is 5.40. The Morgan fingerprint density at radius 3 is 2.65 bits per heavy atom. The summed E-state index contributed by atoms with van der Waals surface area (Å²) in [5.74, 6) is 1.36. The smallest absolute Gasteiger partial charge is 0.257 e. The molecule has 2 aromatic rings. The minimum absolute atomic E-state index is 0.193. The maximum atomic E-state index is 5.40. The van der Waals surface area contributed by atoms with Gasteiger partial charge >= 0.3 is 0 Å². The van der Waals surface area contributed by atoms with Gasteiger partial charge in [-0.15, -0.1) is 0 Å². The van der Waals surface area contributed by atoms with Crippen LogP contribution < -0.4 is 5.32 Å². The van der Waals surface area contributed by atoms with Crippen LogP contribution in [0, 0.1) is 3.57 Å². The summed E-state index contributed by atoms with van der Waals surface area (Å²) in [6, 6.07) is 8.29. The van der Waals surface area contributed by atoms with Gasteiger partial charge in [-0.3, -0.25) is 4.90 Å². The molecule has 0 saturated carbocycles. The van der Waals surface area contributed by atoms with Gasteiger partial charge in [-0.1, -0.05) is 5.16 Å². The maximum Gasteiger partial charge on any atom is 0.257 e. The molecule has 1 aromatic carbocycles. The van der Waals surface area contributed by atoms with E-state index in [1.165, 1.54) is 3.57 Å². The molecule has 0 spiro atoms. The molecule has 2 heterocycles. The first-order valence-electron chi connectivity index (χ1n) is 6.78. The monoisotopic (exact) mass is 384 g/mol. The number of nitrogens with one attached hydrogen (secondary N) is 1. The van der Waals surface area contributed by atoms with E-state index in [1.54, 1.807) is 0 Å². The van der Waals surface area contributed by atoms with Crippen molar-refractivity contribution in [2.75, 3.05) is 26.2 Å². The average molecular weight is 384 g/mol. The van der Waals surface area contributed by atoms with Crippen molar-refractivity contribution >= 4 is 22.6 Å². The van der Waals surface area contributed by atoms with Crippen molar-refractivity contribution < 1.29 is 4.52 Å². The molecule has 0 bridgehead atoms. The third-order valence-electron chi connectivity index (χ3n) is 3.61. The molecule has 1 aromatic heterocycles. The molecular formula is C14H17IN4O. The van der Waals surface area contributed by atoms with Gasteiger partial charge < -0.3 is 9.84 Å². The number of hydrogen-bond acceptors (Lipinski definition) is 5. The standard InChI is InChI=1S/C14H17IN4O/c1-10(19-8-6-16-7-9-19)13-17-14(20-18-13)11-2-4-12(15)5-3-11/h2-5,10,16H,6-9H2,1H3. The summed E-state index contributed by atoms with van der Waals surface area (Å²) in [6.45, 7) is 6.22. The Morgan fingerprint density at radius 1 is 1.25 bits per heavy atom. The first-order chi connectivity index (χ1) is 9.74. The van der Waals surface area contributed by atoms with Crippen molar-refractivity contribution in [3.63, 3.8) is 0 Å². The molecule has 1 saturated heterocycles. The third kappa shape index (κ3) is 3.02. The predicted octanol–water partition coefficient (Wildman–Crippen LogP) is 2.31. The van der Waals surface area contributed by atoms with E-state index in [4.69, 9.17) is 4.52 Å². The minimum Gasteiger partial charge on any atom is -0.334 e. The quantitative estimate of drug-likeness (QED) is 0.824. The second-order valence-electron chi connectivity index (χ2n) is 4.93. The second kappa shape index (κ2) is 6.19. The molecule has 1 aliphatic rings. The lowest BCUT2D eigenvalue weighted by Gasteiger charge is -2.30. The fraction of sp³-hybridized carbons (Fsp3) is 0.429. The molecule has 1 unspecified atom stereocenters. The normalized spacial score (nSPS) is 18.1. The van der Waals surface area contributed by atoms with Gasteiger partial charge in [-0.05, 0) is 53.8 Å². The van der Waals surface area contributed by atoms with Crippen molar-refractivity contribution in [2.45, 2.75) is 13.0 Å². The summed E-state index contributed by atoms with van der Waals surface area (Å²) >= 11 is 2.28. The van der Waals surface area contributed by atoms with Crippen LogP contribution in [0.5, 0.6) is 0 Å². The molecule has 5 nitrogen and oxygen atoms in total. The van der Waals surface area contributed by atoms with E-state index in [0.717, 1.165) is 37.6 Å². The third-order valence-corrected chi connectivity index (χ3v) is 4.33. The lowest BCUT2D eigenvalue weighted by Crippen LogP contribution is -2.44. The lowest BCUT2D eigenvalue weighted by molar-refractivity contribution is 0.176. The molecule has 0 aliphatic carbocycles. The molecule has 0 amide bonds. The molecule has 1 fully saturated rings. The molecule has 6 heteroatoms. The summed E-state index contributed by atoms with van der Waals surface area (Å²) in [5, 5.41) is 7.49. The van der Waals surface area contributed by atoms with Gasteiger partial charge in [-0.2, -0.15) is 4.98 Å². The number of piperazine rings is 1. The van der Waals surface area contributed by atoms with Crippen LogP contribution in [-0.4, -0.2) is 41.2 Å². The van der Waals surface area contributed by atoms with Gasteiger partial charge in [0.05, 0.1) is 6.04 Å². The summed E-state index contributed by atoms with van der Waals surface area (Å²) in [4.78, 5) is 6.92. The van der Waals surface area contributed by atoms with E-state index < -0.39 is 0 Å². The Kier molecular flexibility index (Phi) is 4.32. The second-order valence-corrected chi connectivity index (χ2v) is 6.17. The van der Waals surface area contributed by atoms with Gasteiger partial charge in [0.2, 0.25) is 0 Å². The zero-order chi connectivity index (χ0) is 13.9. The highest BCUT2D eigenvalue weighted by atomic mass is 127. The Labute approximate surface area is 131 Å². The van der Waals surface area contributed by atoms with Gasteiger partial charge in [-0.25, -0.2) is 0 Å². The summed E-state index contributed by atoms with van der Waals surface area (Å²) in [5.41, 5.74) is 0.969. The van der Waals surface area contributed by atoms with E-state index in [-0.39, 0.29) is 6.04 Å². The van der Waals surface area contributed by atoms with E-state index in [9.17, 15) is 0 Å². The minimum atomic E-state index is 0.193. The van der Waals surface area contributed by atoms with Crippen LogP contribution in [0.2, 0.25) is 0 Å². The molecule has 106 valence electrons. The number of rotatable bonds is 3. The largest absolute Gasteiger partial charge is 0.334 e. The number of hydrogen-bond donors (Lipinski definition) is 1. The Hall–Kier alpha value is -0.990. The SMILES string of the molecule is CC(c1noc(-c2ccc(I)cc2)n1)N1CCNCC1. The van der Waals surface area contributed by atoms with E-state index in [2.05, 4.69) is 49.9 Å². The molecule has 1 N–H and O–H groups in total.